The highest BCUT2D eigenvalue weighted by molar-refractivity contribution is 5.77. The van der Waals surface area contributed by atoms with Gasteiger partial charge in [0.15, 0.2) is 37.7 Å². The van der Waals surface area contributed by atoms with E-state index in [1.54, 1.807) is 0 Å². The highest BCUT2D eigenvalue weighted by atomic mass is 16.8. The fourth-order valence-corrected chi connectivity index (χ4v) is 9.67. The van der Waals surface area contributed by atoms with Gasteiger partial charge in [-0.25, -0.2) is 0 Å². The van der Waals surface area contributed by atoms with Gasteiger partial charge in [0.25, 0.3) is 0 Å². The molecule has 37 heteroatoms. The topological polar surface area (TPSA) is 602 Å². The van der Waals surface area contributed by atoms with Crippen LogP contribution in [0, 0.1) is 0 Å². The van der Waals surface area contributed by atoms with Crippen LogP contribution in [0.15, 0.2) is 0 Å². The normalized spacial score (nSPS) is 47.7. The standard InChI is InChI=1S/C44H75NO36/c1-10(52)45-11(2-46)19(54)35(12(53)3-47)78-43-34(69)37(80-44-38(29(64)23(58)16(7-51)75-44)81-42-32(67)28(63)22(57)15(6-50)74-42)25(60)18(77-43)9-71-40-33(68)36(79-41-31(66)27(62)21(56)14(5-49)73-41)24(59)17(76-40)8-70-39-30(65)26(61)20(55)13(4-48)72-39/h2,11-44,47-51,53-69H,3-9H2,1H3,(H,45,52)/t11-,12+,13+,14+,15+,16+,17+,18+,19+,20+,21+,22+,23+,24+,25+,26-,27-,28-,29-,30-,31-,32-,33-,34-,35+,36-,37-,38-,39-,40-,41+,42+,43-,44+/m0/s1. The maximum atomic E-state index is 12.1. The van der Waals surface area contributed by atoms with Crippen molar-refractivity contribution in [1.82, 2.24) is 5.32 Å². The Morgan fingerprint density at radius 1 is 0.432 bits per heavy atom. The molecule has 0 aromatic heterocycles. The third-order valence-corrected chi connectivity index (χ3v) is 14.5. The summed E-state index contributed by atoms with van der Waals surface area (Å²) in [6.45, 7) is -6.31. The first-order valence-electron chi connectivity index (χ1n) is 25.4. The fraction of sp³-hybridized carbons (Fsp3) is 0.955. The first-order chi connectivity index (χ1) is 38.3. The molecule has 6 fully saturated rings. The van der Waals surface area contributed by atoms with Gasteiger partial charge >= 0.3 is 0 Å². The highest BCUT2D eigenvalue weighted by Crippen LogP contribution is 2.36. The van der Waals surface area contributed by atoms with Crippen LogP contribution in [0.3, 0.4) is 0 Å². The van der Waals surface area contributed by atoms with Crippen molar-refractivity contribution in [1.29, 1.82) is 0 Å². The molecule has 0 aromatic carbocycles. The number of aliphatic hydroxyl groups excluding tert-OH is 22. The lowest BCUT2D eigenvalue weighted by molar-refractivity contribution is -0.395. The number of carbonyl (C=O) groups is 2. The summed E-state index contributed by atoms with van der Waals surface area (Å²) in [5, 5.41) is 238. The molecule has 0 bridgehead atoms. The molecule has 37 nitrogen and oxygen atoms in total. The van der Waals surface area contributed by atoms with Crippen LogP contribution in [-0.4, -0.2) is 379 Å². The van der Waals surface area contributed by atoms with Crippen LogP contribution in [0.2, 0.25) is 0 Å². The van der Waals surface area contributed by atoms with E-state index in [9.17, 15) is 122 Å². The number of aliphatic hydroxyl groups is 22. The van der Waals surface area contributed by atoms with Gasteiger partial charge in [-0.05, 0) is 0 Å². The molecule has 6 rings (SSSR count). The van der Waals surface area contributed by atoms with Crippen molar-refractivity contribution in [3.05, 3.63) is 0 Å². The molecule has 0 radical (unpaired) electrons. The molecule has 6 aliphatic heterocycles. The summed E-state index contributed by atoms with van der Waals surface area (Å²) >= 11 is 0. The molecule has 6 saturated heterocycles. The molecule has 23 N–H and O–H groups in total. The molecular formula is C44H75NO36. The second-order valence-electron chi connectivity index (χ2n) is 20.0. The number of nitrogens with one attached hydrogen (secondary N) is 1. The van der Waals surface area contributed by atoms with Crippen LogP contribution >= 0.6 is 0 Å². The Bertz CT molecular complexity index is 1920. The second-order valence-corrected chi connectivity index (χ2v) is 20.0. The smallest absolute Gasteiger partial charge is 0.217 e. The van der Waals surface area contributed by atoms with Crippen molar-refractivity contribution in [2.45, 2.75) is 216 Å². The quantitative estimate of drug-likeness (QED) is 0.0399. The van der Waals surface area contributed by atoms with Crippen molar-refractivity contribution < 1.29 is 179 Å². The zero-order valence-electron chi connectivity index (χ0n) is 42.7. The van der Waals surface area contributed by atoms with Crippen molar-refractivity contribution in [2.75, 3.05) is 46.2 Å². The van der Waals surface area contributed by atoms with Gasteiger partial charge < -0.3 is 179 Å². The number of aldehydes is 1. The maximum Gasteiger partial charge on any atom is 0.217 e. The molecule has 81 heavy (non-hydrogen) atoms. The van der Waals surface area contributed by atoms with E-state index in [4.69, 9.17) is 56.8 Å². The van der Waals surface area contributed by atoms with Crippen LogP contribution < -0.4 is 5.32 Å². The SMILES string of the molecule is CC(=O)N[C@@H](C=O)[C@@H](O)[C@H](O[C@@H]1O[C@H](CO[C@H]2O[C@H](CO[C@H]3O[C@H](CO)[C@@H](O)[C@H](O)[C@@H]3O)[C@@H](O)[C@H](O[C@H]3O[C@H](CO)[C@@H](O)[C@H](O)[C@@H]3O)[C@@H]2O)[C@@H](O)[C@H](O[C@H]2O[C@H](CO)[C@@H](O)[C@H](O)[C@@H]2O[C@H]2O[C@H](CO)[C@@H](O)[C@H](O)[C@@H]2O)[C@@H]1O)[C@H](O)CO. The van der Waals surface area contributed by atoms with E-state index in [0.29, 0.717) is 0 Å². The highest BCUT2D eigenvalue weighted by Gasteiger charge is 2.57. The second kappa shape index (κ2) is 29.9. The number of carbonyl (C=O) groups excluding carboxylic acids is 2. The molecule has 6 aliphatic rings. The minimum atomic E-state index is -2.47. The van der Waals surface area contributed by atoms with Crippen LogP contribution in [0.5, 0.6) is 0 Å². The molecule has 0 saturated carbocycles. The molecule has 6 heterocycles. The van der Waals surface area contributed by atoms with Crippen LogP contribution in [0.25, 0.3) is 0 Å². The molecule has 0 unspecified atom stereocenters. The summed E-state index contributed by atoms with van der Waals surface area (Å²) in [6, 6.07) is -1.90. The summed E-state index contributed by atoms with van der Waals surface area (Å²) in [4.78, 5) is 24.0. The number of ether oxygens (including phenoxy) is 12. The van der Waals surface area contributed by atoms with Gasteiger partial charge in [-0.1, -0.05) is 0 Å². The predicted octanol–water partition coefficient (Wildman–Crippen LogP) is -16.3. The third kappa shape index (κ3) is 15.1. The molecular weight excluding hydrogens is 1120 g/mol. The van der Waals surface area contributed by atoms with Gasteiger partial charge in [-0.3, -0.25) is 4.79 Å². The molecule has 472 valence electrons. The van der Waals surface area contributed by atoms with Crippen LogP contribution in [0.4, 0.5) is 0 Å². The summed E-state index contributed by atoms with van der Waals surface area (Å²) in [5.41, 5.74) is 0. The number of amides is 1. The first-order valence-corrected chi connectivity index (χ1v) is 25.4. The Labute approximate surface area is 457 Å². The van der Waals surface area contributed by atoms with Crippen LogP contribution in [-0.2, 0) is 66.4 Å². The number of rotatable bonds is 24. The number of hydrogen-bond donors (Lipinski definition) is 23. The van der Waals surface area contributed by atoms with Crippen molar-refractivity contribution in [3.63, 3.8) is 0 Å². The Morgan fingerprint density at radius 3 is 1.20 bits per heavy atom. The average molecular weight is 1190 g/mol. The maximum absolute atomic E-state index is 12.1. The lowest BCUT2D eigenvalue weighted by atomic mass is 9.95. The van der Waals surface area contributed by atoms with Crippen molar-refractivity contribution in [3.8, 4) is 0 Å². The molecule has 34 atom stereocenters. The van der Waals surface area contributed by atoms with E-state index >= 15 is 0 Å². The Morgan fingerprint density at radius 2 is 0.778 bits per heavy atom. The summed E-state index contributed by atoms with van der Waals surface area (Å²) < 4.78 is 67.9. The Balaban J connectivity index is 1.34. The van der Waals surface area contributed by atoms with Gasteiger partial charge in [-0.2, -0.15) is 0 Å². The first kappa shape index (κ1) is 67.9. The van der Waals surface area contributed by atoms with Gasteiger partial charge in [0, 0.05) is 6.92 Å². The summed E-state index contributed by atoms with van der Waals surface area (Å²) in [6.07, 6.45) is -68.4. The zero-order chi connectivity index (χ0) is 60.1. The van der Waals surface area contributed by atoms with Gasteiger partial charge in [0.1, 0.15) is 177 Å². The largest absolute Gasteiger partial charge is 0.394 e. The minimum absolute atomic E-state index is 0.00737. The van der Waals surface area contributed by atoms with Gasteiger partial charge in [-0.15, -0.1) is 0 Å². The average Bonchev–Trinajstić information content (AvgIpc) is 3.50. The van der Waals surface area contributed by atoms with E-state index in [2.05, 4.69) is 5.32 Å². The predicted molar refractivity (Wildman–Crippen MR) is 245 cm³/mol. The monoisotopic (exact) mass is 1190 g/mol. The zero-order valence-corrected chi connectivity index (χ0v) is 42.7. The minimum Gasteiger partial charge on any atom is -0.394 e. The molecule has 0 aromatic rings. The molecule has 0 aliphatic carbocycles. The van der Waals surface area contributed by atoms with E-state index in [0.717, 1.165) is 6.92 Å². The lowest BCUT2D eigenvalue weighted by Gasteiger charge is -2.49. The number of hydrogen-bond acceptors (Lipinski definition) is 36. The van der Waals surface area contributed by atoms with Crippen LogP contribution in [0.1, 0.15) is 6.92 Å². The van der Waals surface area contributed by atoms with Crippen molar-refractivity contribution >= 4 is 12.2 Å². The van der Waals surface area contributed by atoms with Gasteiger partial charge in [0.05, 0.1) is 46.2 Å². The van der Waals surface area contributed by atoms with E-state index in [1.165, 1.54) is 0 Å². The lowest BCUT2D eigenvalue weighted by Crippen LogP contribution is -2.68. The summed E-state index contributed by atoms with van der Waals surface area (Å²) in [7, 11) is 0. The summed E-state index contributed by atoms with van der Waals surface area (Å²) in [5.74, 6) is -0.893. The third-order valence-electron chi connectivity index (χ3n) is 14.5. The van der Waals surface area contributed by atoms with Gasteiger partial charge in [0.2, 0.25) is 5.91 Å². The van der Waals surface area contributed by atoms with E-state index in [-0.39, 0.29) is 6.29 Å². The van der Waals surface area contributed by atoms with E-state index in [1.807, 2.05) is 0 Å². The fourth-order valence-electron chi connectivity index (χ4n) is 9.67. The molecule has 1 amide bonds. The Kier molecular flexibility index (Phi) is 25.1. The molecule has 0 spiro atoms. The Hall–Kier alpha value is -2.22. The van der Waals surface area contributed by atoms with Crippen molar-refractivity contribution in [2.24, 2.45) is 0 Å². The van der Waals surface area contributed by atoms with E-state index < -0.39 is 261 Å².